The number of rotatable bonds is 4. The van der Waals surface area contributed by atoms with Crippen LogP contribution < -0.4 is 11.1 Å². The topological polar surface area (TPSA) is 55.1 Å². The second-order valence-electron chi connectivity index (χ2n) is 1.97. The molecule has 0 aromatic carbocycles. The van der Waals surface area contributed by atoms with Gasteiger partial charge in [-0.05, 0) is 5.57 Å². The third-order valence-corrected chi connectivity index (χ3v) is 0.958. The molecule has 3 N–H and O–H groups in total. The van der Waals surface area contributed by atoms with Crippen molar-refractivity contribution in [3.05, 3.63) is 37.0 Å². The Morgan fingerprint density at radius 2 is 2.27 bits per heavy atom. The second-order valence-corrected chi connectivity index (χ2v) is 1.97. The SMILES string of the molecule is C=C/C=C\C(=C)CNC(N)=O. The van der Waals surface area contributed by atoms with Crippen molar-refractivity contribution in [2.24, 2.45) is 5.73 Å². The van der Waals surface area contributed by atoms with Crippen molar-refractivity contribution in [2.45, 2.75) is 0 Å². The molecular formula is C8H12N2O. The predicted octanol–water partition coefficient (Wildman–Crippen LogP) is 0.953. The zero-order chi connectivity index (χ0) is 8.69. The number of hydrogen-bond donors (Lipinski definition) is 2. The first-order valence-electron chi connectivity index (χ1n) is 3.17. The minimum Gasteiger partial charge on any atom is -0.352 e. The molecule has 0 radical (unpaired) electrons. The Bertz CT molecular complexity index is 194. The van der Waals surface area contributed by atoms with Crippen LogP contribution in [0.25, 0.3) is 0 Å². The number of nitrogens with one attached hydrogen (secondary N) is 1. The molecule has 0 heterocycles. The molecule has 0 saturated carbocycles. The number of amides is 2. The molecule has 60 valence electrons. The van der Waals surface area contributed by atoms with Gasteiger partial charge in [0.05, 0.1) is 0 Å². The van der Waals surface area contributed by atoms with Gasteiger partial charge in [-0.15, -0.1) is 0 Å². The number of hydrogen-bond acceptors (Lipinski definition) is 1. The third kappa shape index (κ3) is 6.37. The van der Waals surface area contributed by atoms with E-state index in [9.17, 15) is 4.79 Å². The minimum atomic E-state index is -0.543. The smallest absolute Gasteiger partial charge is 0.312 e. The standard InChI is InChI=1S/C8H12N2O/c1-3-4-5-7(2)6-10-8(9)11/h3-5H,1-2,6H2,(H3,9,10,11)/b5-4-. The number of nitrogens with two attached hydrogens (primary N) is 1. The summed E-state index contributed by atoms with van der Waals surface area (Å²) in [4.78, 5) is 10.2. The lowest BCUT2D eigenvalue weighted by molar-refractivity contribution is 0.250. The summed E-state index contributed by atoms with van der Waals surface area (Å²) in [5.74, 6) is 0. The van der Waals surface area contributed by atoms with Crippen molar-refractivity contribution in [1.82, 2.24) is 5.32 Å². The summed E-state index contributed by atoms with van der Waals surface area (Å²) in [5, 5.41) is 2.41. The van der Waals surface area contributed by atoms with Crippen LogP contribution in [-0.2, 0) is 0 Å². The highest BCUT2D eigenvalue weighted by atomic mass is 16.2. The van der Waals surface area contributed by atoms with Crippen LogP contribution in [0.5, 0.6) is 0 Å². The van der Waals surface area contributed by atoms with Crippen molar-refractivity contribution < 1.29 is 4.79 Å². The quantitative estimate of drug-likeness (QED) is 0.579. The highest BCUT2D eigenvalue weighted by molar-refractivity contribution is 5.71. The lowest BCUT2D eigenvalue weighted by Gasteiger charge is -1.98. The molecule has 0 fully saturated rings. The van der Waals surface area contributed by atoms with E-state index in [0.717, 1.165) is 5.57 Å². The summed E-state index contributed by atoms with van der Waals surface area (Å²) in [6.45, 7) is 7.52. The monoisotopic (exact) mass is 152 g/mol. The highest BCUT2D eigenvalue weighted by Crippen LogP contribution is 1.89. The molecule has 11 heavy (non-hydrogen) atoms. The maximum Gasteiger partial charge on any atom is 0.312 e. The van der Waals surface area contributed by atoms with E-state index in [-0.39, 0.29) is 0 Å². The van der Waals surface area contributed by atoms with Gasteiger partial charge in [0.15, 0.2) is 0 Å². The Morgan fingerprint density at radius 3 is 2.73 bits per heavy atom. The molecule has 0 aromatic heterocycles. The van der Waals surface area contributed by atoms with E-state index < -0.39 is 6.03 Å². The summed E-state index contributed by atoms with van der Waals surface area (Å²) >= 11 is 0. The number of allylic oxidation sites excluding steroid dienone is 2. The summed E-state index contributed by atoms with van der Waals surface area (Å²) in [7, 11) is 0. The fourth-order valence-corrected chi connectivity index (χ4v) is 0.464. The molecule has 0 aliphatic rings. The lowest BCUT2D eigenvalue weighted by atomic mass is 10.3. The van der Waals surface area contributed by atoms with E-state index >= 15 is 0 Å². The van der Waals surface area contributed by atoms with Gasteiger partial charge in [-0.1, -0.05) is 31.4 Å². The Hall–Kier alpha value is -1.51. The molecular weight excluding hydrogens is 140 g/mol. The molecule has 0 spiro atoms. The normalized spacial score (nSPS) is 9.45. The van der Waals surface area contributed by atoms with Gasteiger partial charge in [-0.25, -0.2) is 4.79 Å². The Kier molecular flexibility index (Phi) is 4.56. The van der Waals surface area contributed by atoms with Crippen LogP contribution >= 0.6 is 0 Å². The number of carbonyl (C=O) groups is 1. The van der Waals surface area contributed by atoms with Gasteiger partial charge >= 0.3 is 6.03 Å². The third-order valence-electron chi connectivity index (χ3n) is 0.958. The van der Waals surface area contributed by atoms with E-state index in [0.29, 0.717) is 6.54 Å². The van der Waals surface area contributed by atoms with Crippen LogP contribution in [0.3, 0.4) is 0 Å². The average Bonchev–Trinajstić information content (AvgIpc) is 1.97. The van der Waals surface area contributed by atoms with Crippen LogP contribution in [0.2, 0.25) is 0 Å². The van der Waals surface area contributed by atoms with Gasteiger partial charge in [0.25, 0.3) is 0 Å². The van der Waals surface area contributed by atoms with Crippen molar-refractivity contribution in [3.63, 3.8) is 0 Å². The second kappa shape index (κ2) is 5.29. The van der Waals surface area contributed by atoms with Gasteiger partial charge in [-0.3, -0.25) is 0 Å². The van der Waals surface area contributed by atoms with Gasteiger partial charge < -0.3 is 11.1 Å². The van der Waals surface area contributed by atoms with Crippen LogP contribution in [0.15, 0.2) is 37.0 Å². The van der Waals surface area contributed by atoms with Crippen LogP contribution in [-0.4, -0.2) is 12.6 Å². The van der Waals surface area contributed by atoms with E-state index in [2.05, 4.69) is 18.5 Å². The number of primary amides is 1. The first-order valence-corrected chi connectivity index (χ1v) is 3.17. The molecule has 0 atom stereocenters. The Balaban J connectivity index is 3.61. The molecule has 2 amide bonds. The summed E-state index contributed by atoms with van der Waals surface area (Å²) in [6.07, 6.45) is 5.13. The van der Waals surface area contributed by atoms with Crippen molar-refractivity contribution in [1.29, 1.82) is 0 Å². The van der Waals surface area contributed by atoms with Crippen LogP contribution in [0, 0.1) is 0 Å². The van der Waals surface area contributed by atoms with E-state index in [1.54, 1.807) is 18.2 Å². The van der Waals surface area contributed by atoms with Crippen LogP contribution in [0.1, 0.15) is 0 Å². The summed E-state index contributed by atoms with van der Waals surface area (Å²) < 4.78 is 0. The summed E-state index contributed by atoms with van der Waals surface area (Å²) in [5.41, 5.74) is 5.62. The van der Waals surface area contributed by atoms with Crippen LogP contribution in [0.4, 0.5) is 4.79 Å². The predicted molar refractivity (Wildman–Crippen MR) is 46.1 cm³/mol. The molecule has 0 aromatic rings. The first-order chi connectivity index (χ1) is 5.16. The molecule has 0 aliphatic heterocycles. The fourth-order valence-electron chi connectivity index (χ4n) is 0.464. The first kappa shape index (κ1) is 9.49. The molecule has 0 rings (SSSR count). The number of carbonyl (C=O) groups excluding carboxylic acids is 1. The zero-order valence-corrected chi connectivity index (χ0v) is 6.34. The van der Waals surface area contributed by atoms with Crippen molar-refractivity contribution in [3.8, 4) is 0 Å². The Labute approximate surface area is 66.3 Å². The average molecular weight is 152 g/mol. The van der Waals surface area contributed by atoms with E-state index in [1.165, 1.54) is 0 Å². The van der Waals surface area contributed by atoms with Gasteiger partial charge in [-0.2, -0.15) is 0 Å². The molecule has 3 nitrogen and oxygen atoms in total. The number of urea groups is 1. The molecule has 0 unspecified atom stereocenters. The van der Waals surface area contributed by atoms with Gasteiger partial charge in [0, 0.05) is 6.54 Å². The fraction of sp³-hybridized carbons (Fsp3) is 0.125. The molecule has 0 saturated heterocycles. The molecule has 0 aliphatic carbocycles. The van der Waals surface area contributed by atoms with E-state index in [1.807, 2.05) is 0 Å². The molecule has 3 heteroatoms. The minimum absolute atomic E-state index is 0.375. The maximum atomic E-state index is 10.2. The maximum absolute atomic E-state index is 10.2. The zero-order valence-electron chi connectivity index (χ0n) is 6.34. The van der Waals surface area contributed by atoms with Gasteiger partial charge in [0.1, 0.15) is 0 Å². The Morgan fingerprint density at radius 1 is 1.64 bits per heavy atom. The summed E-state index contributed by atoms with van der Waals surface area (Å²) in [6, 6.07) is -0.543. The van der Waals surface area contributed by atoms with Crippen molar-refractivity contribution >= 4 is 6.03 Å². The van der Waals surface area contributed by atoms with E-state index in [4.69, 9.17) is 5.73 Å². The largest absolute Gasteiger partial charge is 0.352 e. The highest BCUT2D eigenvalue weighted by Gasteiger charge is 1.90. The van der Waals surface area contributed by atoms with Gasteiger partial charge in [0.2, 0.25) is 0 Å². The lowest BCUT2D eigenvalue weighted by Crippen LogP contribution is -2.30. The molecule has 0 bridgehead atoms. The van der Waals surface area contributed by atoms with Crippen molar-refractivity contribution in [2.75, 3.05) is 6.54 Å².